The summed E-state index contributed by atoms with van der Waals surface area (Å²) in [6, 6.07) is 8.45. The summed E-state index contributed by atoms with van der Waals surface area (Å²) in [7, 11) is 0. The SMILES string of the molecule is CCCC(Br)C1c2ccccc2OCC1C. The zero-order valence-corrected chi connectivity index (χ0v) is 11.5. The van der Waals surface area contributed by atoms with E-state index in [2.05, 4.69) is 54.0 Å². The van der Waals surface area contributed by atoms with E-state index in [-0.39, 0.29) is 0 Å². The Labute approximate surface area is 106 Å². The van der Waals surface area contributed by atoms with E-state index in [9.17, 15) is 0 Å². The molecule has 2 rings (SSSR count). The summed E-state index contributed by atoms with van der Waals surface area (Å²) < 4.78 is 5.77. The van der Waals surface area contributed by atoms with Crippen molar-refractivity contribution in [2.75, 3.05) is 6.61 Å². The maximum Gasteiger partial charge on any atom is 0.122 e. The van der Waals surface area contributed by atoms with Crippen LogP contribution in [0.15, 0.2) is 24.3 Å². The number of alkyl halides is 1. The highest BCUT2D eigenvalue weighted by atomic mass is 79.9. The molecule has 0 spiro atoms. The monoisotopic (exact) mass is 282 g/mol. The minimum Gasteiger partial charge on any atom is -0.493 e. The molecule has 16 heavy (non-hydrogen) atoms. The lowest BCUT2D eigenvalue weighted by Gasteiger charge is -2.34. The topological polar surface area (TPSA) is 9.23 Å². The Hall–Kier alpha value is -0.500. The first-order chi connectivity index (χ1) is 7.74. The Kier molecular flexibility index (Phi) is 3.91. The van der Waals surface area contributed by atoms with E-state index in [0.717, 1.165) is 12.4 Å². The number of benzene rings is 1. The molecular formula is C14H19BrO. The van der Waals surface area contributed by atoms with Crippen LogP contribution in [0.3, 0.4) is 0 Å². The van der Waals surface area contributed by atoms with Gasteiger partial charge in [-0.15, -0.1) is 0 Å². The van der Waals surface area contributed by atoms with Gasteiger partial charge in [0.25, 0.3) is 0 Å². The highest BCUT2D eigenvalue weighted by Gasteiger charge is 2.32. The number of halogens is 1. The molecule has 3 unspecified atom stereocenters. The van der Waals surface area contributed by atoms with E-state index in [4.69, 9.17) is 4.74 Å². The average molecular weight is 283 g/mol. The number of para-hydroxylation sites is 1. The van der Waals surface area contributed by atoms with Gasteiger partial charge in [-0.05, 0) is 24.0 Å². The number of ether oxygens (including phenoxy) is 1. The number of rotatable bonds is 3. The summed E-state index contributed by atoms with van der Waals surface area (Å²) in [6.45, 7) is 5.36. The second-order valence-corrected chi connectivity index (χ2v) is 5.83. The molecule has 1 aromatic carbocycles. The van der Waals surface area contributed by atoms with Crippen LogP contribution in [0.2, 0.25) is 0 Å². The van der Waals surface area contributed by atoms with Crippen LogP contribution in [0.25, 0.3) is 0 Å². The highest BCUT2D eigenvalue weighted by Crippen LogP contribution is 2.42. The van der Waals surface area contributed by atoms with Crippen LogP contribution in [-0.2, 0) is 0 Å². The smallest absolute Gasteiger partial charge is 0.122 e. The van der Waals surface area contributed by atoms with Gasteiger partial charge in [0.15, 0.2) is 0 Å². The van der Waals surface area contributed by atoms with Gasteiger partial charge >= 0.3 is 0 Å². The average Bonchev–Trinajstić information content (AvgIpc) is 2.29. The van der Waals surface area contributed by atoms with Crippen LogP contribution in [0.5, 0.6) is 5.75 Å². The van der Waals surface area contributed by atoms with Crippen LogP contribution in [0.1, 0.15) is 38.2 Å². The molecule has 1 heterocycles. The van der Waals surface area contributed by atoms with Crippen molar-refractivity contribution in [3.05, 3.63) is 29.8 Å². The van der Waals surface area contributed by atoms with Crippen LogP contribution < -0.4 is 4.74 Å². The Balaban J connectivity index is 2.29. The molecule has 0 fully saturated rings. The number of hydrogen-bond donors (Lipinski definition) is 0. The molecule has 0 radical (unpaired) electrons. The lowest BCUT2D eigenvalue weighted by molar-refractivity contribution is 0.202. The highest BCUT2D eigenvalue weighted by molar-refractivity contribution is 9.09. The fourth-order valence-corrected chi connectivity index (χ4v) is 3.79. The maximum absolute atomic E-state index is 5.77. The molecule has 3 atom stereocenters. The van der Waals surface area contributed by atoms with Crippen LogP contribution in [0.4, 0.5) is 0 Å². The molecule has 0 amide bonds. The van der Waals surface area contributed by atoms with E-state index in [1.54, 1.807) is 0 Å². The minimum atomic E-state index is 0.567. The van der Waals surface area contributed by atoms with Gasteiger partial charge in [0, 0.05) is 10.7 Å². The second-order valence-electron chi connectivity index (χ2n) is 4.66. The van der Waals surface area contributed by atoms with E-state index in [1.807, 2.05) is 0 Å². The zero-order valence-electron chi connectivity index (χ0n) is 9.95. The van der Waals surface area contributed by atoms with Crippen molar-refractivity contribution in [1.82, 2.24) is 0 Å². The molecule has 88 valence electrons. The van der Waals surface area contributed by atoms with Crippen molar-refractivity contribution in [2.45, 2.75) is 37.4 Å². The van der Waals surface area contributed by atoms with E-state index in [0.29, 0.717) is 16.7 Å². The Bertz CT molecular complexity index is 350. The van der Waals surface area contributed by atoms with Gasteiger partial charge in [0.2, 0.25) is 0 Å². The molecule has 0 saturated heterocycles. The molecule has 0 aliphatic carbocycles. The van der Waals surface area contributed by atoms with E-state index < -0.39 is 0 Å². The molecule has 1 aliphatic rings. The van der Waals surface area contributed by atoms with Gasteiger partial charge in [-0.3, -0.25) is 0 Å². The van der Waals surface area contributed by atoms with Gasteiger partial charge < -0.3 is 4.74 Å². The van der Waals surface area contributed by atoms with Gasteiger partial charge in [-0.25, -0.2) is 0 Å². The molecule has 2 heteroatoms. The molecule has 0 aromatic heterocycles. The molecule has 1 aliphatic heterocycles. The van der Waals surface area contributed by atoms with Crippen molar-refractivity contribution in [1.29, 1.82) is 0 Å². The molecule has 0 bridgehead atoms. The first-order valence-corrected chi connectivity index (χ1v) is 7.01. The normalized spacial score (nSPS) is 25.7. The van der Waals surface area contributed by atoms with Crippen molar-refractivity contribution < 1.29 is 4.74 Å². The van der Waals surface area contributed by atoms with Crippen LogP contribution >= 0.6 is 15.9 Å². The predicted molar refractivity (Wildman–Crippen MR) is 71.5 cm³/mol. The summed E-state index contributed by atoms with van der Waals surface area (Å²) >= 11 is 3.85. The third-order valence-corrected chi connectivity index (χ3v) is 4.37. The first kappa shape index (κ1) is 12.0. The van der Waals surface area contributed by atoms with Crippen molar-refractivity contribution >= 4 is 15.9 Å². The second kappa shape index (κ2) is 5.22. The fraction of sp³-hybridized carbons (Fsp3) is 0.571. The van der Waals surface area contributed by atoms with Gasteiger partial charge in [-0.2, -0.15) is 0 Å². The summed E-state index contributed by atoms with van der Waals surface area (Å²) in [5, 5.41) is 0. The van der Waals surface area contributed by atoms with Gasteiger partial charge in [0.1, 0.15) is 5.75 Å². The Morgan fingerprint density at radius 3 is 2.94 bits per heavy atom. The number of fused-ring (bicyclic) bond motifs is 1. The first-order valence-electron chi connectivity index (χ1n) is 6.09. The van der Waals surface area contributed by atoms with Crippen molar-refractivity contribution in [3.63, 3.8) is 0 Å². The Morgan fingerprint density at radius 1 is 1.44 bits per heavy atom. The Morgan fingerprint density at radius 2 is 2.19 bits per heavy atom. The number of hydrogen-bond acceptors (Lipinski definition) is 1. The standard InChI is InChI=1S/C14H19BrO/c1-3-6-12(15)14-10(2)9-16-13-8-5-4-7-11(13)14/h4-5,7-8,10,12,14H,3,6,9H2,1-2H3. The predicted octanol–water partition coefficient (Wildman–Crippen LogP) is 4.36. The largest absolute Gasteiger partial charge is 0.493 e. The summed E-state index contributed by atoms with van der Waals surface area (Å²) in [6.07, 6.45) is 2.45. The summed E-state index contributed by atoms with van der Waals surface area (Å²) in [4.78, 5) is 0.567. The molecule has 0 saturated carbocycles. The third-order valence-electron chi connectivity index (χ3n) is 3.35. The summed E-state index contributed by atoms with van der Waals surface area (Å²) in [5.74, 6) is 2.25. The lowest BCUT2D eigenvalue weighted by Crippen LogP contribution is -2.29. The van der Waals surface area contributed by atoms with Crippen LogP contribution in [-0.4, -0.2) is 11.4 Å². The van der Waals surface area contributed by atoms with E-state index in [1.165, 1.54) is 18.4 Å². The third kappa shape index (κ3) is 2.27. The zero-order chi connectivity index (χ0) is 11.5. The molecule has 1 nitrogen and oxygen atoms in total. The molecule has 0 N–H and O–H groups in total. The molecular weight excluding hydrogens is 264 g/mol. The molecule has 1 aromatic rings. The van der Waals surface area contributed by atoms with E-state index >= 15 is 0 Å². The summed E-state index contributed by atoms with van der Waals surface area (Å²) in [5.41, 5.74) is 1.37. The quantitative estimate of drug-likeness (QED) is 0.749. The fourth-order valence-electron chi connectivity index (χ4n) is 2.53. The lowest BCUT2D eigenvalue weighted by atomic mass is 9.81. The van der Waals surface area contributed by atoms with Crippen molar-refractivity contribution in [2.24, 2.45) is 5.92 Å². The van der Waals surface area contributed by atoms with Gasteiger partial charge in [-0.1, -0.05) is 54.4 Å². The van der Waals surface area contributed by atoms with Crippen molar-refractivity contribution in [3.8, 4) is 5.75 Å². The van der Waals surface area contributed by atoms with Crippen LogP contribution in [0, 0.1) is 5.92 Å². The van der Waals surface area contributed by atoms with Gasteiger partial charge in [0.05, 0.1) is 6.61 Å². The minimum absolute atomic E-state index is 0.567. The maximum atomic E-state index is 5.77.